The van der Waals surface area contributed by atoms with Gasteiger partial charge < -0.3 is 4.74 Å². The average Bonchev–Trinajstić information content (AvgIpc) is 2.59. The minimum atomic E-state index is -0.0689. The molecule has 120 valence electrons. The van der Waals surface area contributed by atoms with E-state index in [4.69, 9.17) is 4.74 Å². The lowest BCUT2D eigenvalue weighted by Gasteiger charge is -2.36. The van der Waals surface area contributed by atoms with Crippen molar-refractivity contribution in [2.24, 2.45) is 5.92 Å². The summed E-state index contributed by atoms with van der Waals surface area (Å²) in [5.74, 6) is -0.0941. The molecule has 2 atom stereocenters. The summed E-state index contributed by atoms with van der Waals surface area (Å²) in [6.07, 6.45) is 0.860. The van der Waals surface area contributed by atoms with Crippen LogP contribution in [0, 0.1) is 5.92 Å². The Balaban J connectivity index is 1.76. The van der Waals surface area contributed by atoms with Crippen LogP contribution in [0.4, 0.5) is 0 Å². The van der Waals surface area contributed by atoms with Gasteiger partial charge >= 0.3 is 5.97 Å². The number of hydrogen-bond donors (Lipinski definition) is 0. The Labute approximate surface area is 137 Å². The van der Waals surface area contributed by atoms with Gasteiger partial charge in [-0.25, -0.2) is 0 Å². The maximum atomic E-state index is 11.6. The Morgan fingerprint density at radius 2 is 1.48 bits per heavy atom. The predicted octanol–water partition coefficient (Wildman–Crippen LogP) is 3.64. The normalized spacial score (nSPS) is 21.2. The van der Waals surface area contributed by atoms with E-state index in [0.717, 1.165) is 19.5 Å². The maximum Gasteiger partial charge on any atom is 0.308 e. The molecule has 23 heavy (non-hydrogen) atoms. The van der Waals surface area contributed by atoms with Gasteiger partial charge in [0.05, 0.1) is 5.92 Å². The molecule has 3 rings (SSSR count). The van der Waals surface area contributed by atoms with Crippen molar-refractivity contribution in [3.05, 3.63) is 71.8 Å². The highest BCUT2D eigenvalue weighted by Gasteiger charge is 2.30. The standard InChI is InChI=1S/C20H23NO2/c1-16-12-19(15-23-20(16)22)21(13-17-8-4-2-5-9-17)14-18-10-6-3-7-11-18/h2-11,16,19H,12-15H2,1H3/t16-,19-/m0/s1. The zero-order valence-electron chi connectivity index (χ0n) is 13.5. The highest BCUT2D eigenvalue weighted by Crippen LogP contribution is 2.23. The van der Waals surface area contributed by atoms with Crippen LogP contribution in [0.1, 0.15) is 24.5 Å². The quantitative estimate of drug-likeness (QED) is 0.790. The third-order valence-electron chi connectivity index (χ3n) is 4.42. The van der Waals surface area contributed by atoms with E-state index in [0.29, 0.717) is 6.61 Å². The van der Waals surface area contributed by atoms with Crippen LogP contribution in [0.2, 0.25) is 0 Å². The lowest BCUT2D eigenvalue weighted by Crippen LogP contribution is -2.44. The molecule has 0 radical (unpaired) electrons. The van der Waals surface area contributed by atoms with Crippen LogP contribution >= 0.6 is 0 Å². The molecule has 1 aliphatic rings. The molecule has 0 bridgehead atoms. The first-order valence-corrected chi connectivity index (χ1v) is 8.21. The molecule has 3 heteroatoms. The highest BCUT2D eigenvalue weighted by molar-refractivity contribution is 5.72. The van der Waals surface area contributed by atoms with Crippen LogP contribution < -0.4 is 0 Å². The number of carbonyl (C=O) groups is 1. The van der Waals surface area contributed by atoms with Gasteiger partial charge in [-0.2, -0.15) is 0 Å². The van der Waals surface area contributed by atoms with E-state index in [1.165, 1.54) is 11.1 Å². The number of nitrogens with zero attached hydrogens (tertiary/aromatic N) is 1. The molecule has 1 aliphatic heterocycles. The van der Waals surface area contributed by atoms with Gasteiger partial charge in [0.1, 0.15) is 6.61 Å². The van der Waals surface area contributed by atoms with E-state index < -0.39 is 0 Å². The van der Waals surface area contributed by atoms with Crippen LogP contribution in [-0.2, 0) is 22.6 Å². The topological polar surface area (TPSA) is 29.5 Å². The Morgan fingerprint density at radius 3 is 1.96 bits per heavy atom. The van der Waals surface area contributed by atoms with Crippen molar-refractivity contribution in [2.75, 3.05) is 6.61 Å². The summed E-state index contributed by atoms with van der Waals surface area (Å²) in [6, 6.07) is 21.2. The van der Waals surface area contributed by atoms with Crippen molar-refractivity contribution < 1.29 is 9.53 Å². The highest BCUT2D eigenvalue weighted by atomic mass is 16.5. The minimum Gasteiger partial charge on any atom is -0.464 e. The minimum absolute atomic E-state index is 0.0252. The average molecular weight is 309 g/mol. The van der Waals surface area contributed by atoms with E-state index in [-0.39, 0.29) is 17.9 Å². The van der Waals surface area contributed by atoms with Crippen molar-refractivity contribution in [1.82, 2.24) is 4.90 Å². The molecule has 1 heterocycles. The summed E-state index contributed by atoms with van der Waals surface area (Å²) in [6.45, 7) is 4.18. The Morgan fingerprint density at radius 1 is 0.957 bits per heavy atom. The van der Waals surface area contributed by atoms with Gasteiger partial charge in [-0.1, -0.05) is 67.6 Å². The Hall–Kier alpha value is -2.13. The Kier molecular flexibility index (Phi) is 5.09. The summed E-state index contributed by atoms with van der Waals surface area (Å²) in [4.78, 5) is 14.1. The number of benzene rings is 2. The molecule has 3 nitrogen and oxygen atoms in total. The molecule has 0 saturated carbocycles. The zero-order chi connectivity index (χ0) is 16.1. The number of rotatable bonds is 5. The van der Waals surface area contributed by atoms with Crippen LogP contribution in [0.25, 0.3) is 0 Å². The third kappa shape index (κ3) is 4.20. The van der Waals surface area contributed by atoms with Gasteiger partial charge in [-0.05, 0) is 17.5 Å². The SMILES string of the molecule is C[C@H]1C[C@H](N(Cc2ccccc2)Cc2ccccc2)COC1=O. The number of ether oxygens (including phenoxy) is 1. The van der Waals surface area contributed by atoms with Gasteiger partial charge in [-0.15, -0.1) is 0 Å². The number of cyclic esters (lactones) is 1. The van der Waals surface area contributed by atoms with Gasteiger partial charge in [0.25, 0.3) is 0 Å². The van der Waals surface area contributed by atoms with Gasteiger partial charge in [0.2, 0.25) is 0 Å². The first kappa shape index (κ1) is 15.8. The summed E-state index contributed by atoms with van der Waals surface area (Å²) in [7, 11) is 0. The molecular formula is C20H23NO2. The van der Waals surface area contributed by atoms with Gasteiger partial charge in [0, 0.05) is 19.1 Å². The van der Waals surface area contributed by atoms with E-state index >= 15 is 0 Å². The lowest BCUT2D eigenvalue weighted by molar-refractivity contribution is -0.156. The third-order valence-corrected chi connectivity index (χ3v) is 4.42. The fourth-order valence-corrected chi connectivity index (χ4v) is 3.10. The molecule has 0 aromatic heterocycles. The molecule has 0 N–H and O–H groups in total. The van der Waals surface area contributed by atoms with Crippen LogP contribution in [-0.4, -0.2) is 23.5 Å². The Bertz CT molecular complexity index is 585. The van der Waals surface area contributed by atoms with Crippen LogP contribution in [0.5, 0.6) is 0 Å². The monoisotopic (exact) mass is 309 g/mol. The van der Waals surface area contributed by atoms with Crippen molar-refractivity contribution in [2.45, 2.75) is 32.5 Å². The van der Waals surface area contributed by atoms with Crippen molar-refractivity contribution in [1.29, 1.82) is 0 Å². The fourth-order valence-electron chi connectivity index (χ4n) is 3.10. The molecule has 0 amide bonds. The molecule has 1 fully saturated rings. The molecule has 0 aliphatic carbocycles. The first-order valence-electron chi connectivity index (χ1n) is 8.21. The van der Waals surface area contributed by atoms with Crippen LogP contribution in [0.15, 0.2) is 60.7 Å². The van der Waals surface area contributed by atoms with E-state index in [1.54, 1.807) is 0 Å². The second-order valence-corrected chi connectivity index (χ2v) is 6.30. The summed E-state index contributed by atoms with van der Waals surface area (Å²) in [5.41, 5.74) is 2.57. The van der Waals surface area contributed by atoms with E-state index in [1.807, 2.05) is 19.1 Å². The van der Waals surface area contributed by atoms with Gasteiger partial charge in [0.15, 0.2) is 0 Å². The number of hydrogen-bond acceptors (Lipinski definition) is 3. The predicted molar refractivity (Wildman–Crippen MR) is 90.7 cm³/mol. The zero-order valence-corrected chi connectivity index (χ0v) is 13.5. The van der Waals surface area contributed by atoms with Crippen LogP contribution in [0.3, 0.4) is 0 Å². The fraction of sp³-hybridized carbons (Fsp3) is 0.350. The lowest BCUT2D eigenvalue weighted by atomic mass is 9.97. The van der Waals surface area contributed by atoms with Crippen molar-refractivity contribution >= 4 is 5.97 Å². The van der Waals surface area contributed by atoms with Gasteiger partial charge in [-0.3, -0.25) is 9.69 Å². The van der Waals surface area contributed by atoms with E-state index in [2.05, 4.69) is 53.4 Å². The molecule has 0 spiro atoms. The molecular weight excluding hydrogens is 286 g/mol. The molecule has 2 aromatic rings. The number of esters is 1. The summed E-state index contributed by atoms with van der Waals surface area (Å²) >= 11 is 0. The smallest absolute Gasteiger partial charge is 0.308 e. The molecule has 2 aromatic carbocycles. The van der Waals surface area contributed by atoms with Crippen molar-refractivity contribution in [3.63, 3.8) is 0 Å². The molecule has 0 unspecified atom stereocenters. The number of carbonyl (C=O) groups excluding carboxylic acids is 1. The first-order chi connectivity index (χ1) is 11.2. The summed E-state index contributed by atoms with van der Waals surface area (Å²) in [5, 5.41) is 0. The molecule has 1 saturated heterocycles. The second kappa shape index (κ2) is 7.42. The summed E-state index contributed by atoms with van der Waals surface area (Å²) < 4.78 is 5.38. The maximum absolute atomic E-state index is 11.6. The second-order valence-electron chi connectivity index (χ2n) is 6.30. The van der Waals surface area contributed by atoms with E-state index in [9.17, 15) is 4.79 Å². The van der Waals surface area contributed by atoms with Crippen molar-refractivity contribution in [3.8, 4) is 0 Å². The largest absolute Gasteiger partial charge is 0.464 e.